The average Bonchev–Trinajstić information content (AvgIpc) is 0.811. The zero-order valence-corrected chi connectivity index (χ0v) is 8.81. The molecule has 9 heavy (non-hydrogen) atoms. The van der Waals surface area contributed by atoms with Crippen molar-refractivity contribution in [1.82, 2.24) is 0 Å². The first-order valence-corrected chi connectivity index (χ1v) is 1.80. The Kier molecular flexibility index (Phi) is 166. The topological polar surface area (TPSA) is 60.7 Å². The number of halogens is 5. The minimum Gasteiger partial charge on any atom is -0.328 e. The Morgan fingerprint density at radius 1 is 0.556 bits per heavy atom. The summed E-state index contributed by atoms with van der Waals surface area (Å²) in [6, 6.07) is 0. The fraction of sp³-hybridized carbons (Fsp3) is 0. The van der Waals surface area contributed by atoms with Crippen LogP contribution in [0.2, 0.25) is 0 Å². The molecule has 0 aliphatic rings. The van der Waals surface area contributed by atoms with Gasteiger partial charge in [-0.1, -0.05) is 0 Å². The second-order valence-electron chi connectivity index (χ2n) is 0.268. The molecule has 0 fully saturated rings. The van der Waals surface area contributed by atoms with Crippen molar-refractivity contribution in [3.8, 4) is 0 Å². The van der Waals surface area contributed by atoms with Crippen molar-refractivity contribution in [3.63, 3.8) is 0 Å². The van der Waals surface area contributed by atoms with Gasteiger partial charge in [0.05, 0.1) is 0 Å². The van der Waals surface area contributed by atoms with Gasteiger partial charge in [0.1, 0.15) is 0 Å². The molecule has 0 aromatic heterocycles. The molecule has 9 heteroatoms. The molecule has 0 radical (unpaired) electrons. The van der Waals surface area contributed by atoms with E-state index in [0.29, 0.717) is 0 Å². The van der Waals surface area contributed by atoms with Gasteiger partial charge in [-0.2, -0.15) is 0 Å². The minimum atomic E-state index is -2.62. The zero-order valence-electron chi connectivity index (χ0n) is 3.83. The van der Waals surface area contributed by atoms with E-state index >= 15 is 0 Å². The van der Waals surface area contributed by atoms with E-state index in [-0.39, 0.29) is 62.0 Å². The first kappa shape index (κ1) is 45.2. The number of rotatable bonds is 0. The molecule has 66 valence electrons. The van der Waals surface area contributed by atoms with Crippen LogP contribution in [0.15, 0.2) is 0 Å². The fourth-order valence-electron chi connectivity index (χ4n) is 0. The molecule has 0 spiro atoms. The summed E-state index contributed by atoms with van der Waals surface area (Å²) >= 11 is 0. The van der Waals surface area contributed by atoms with E-state index in [0.717, 1.165) is 0 Å². The Hall–Kier alpha value is 1.76. The van der Waals surface area contributed by atoms with Crippen LogP contribution in [0.25, 0.3) is 0 Å². The van der Waals surface area contributed by atoms with Crippen LogP contribution in [0.5, 0.6) is 0 Å². The van der Waals surface area contributed by atoms with Gasteiger partial charge in [0, 0.05) is 0 Å². The van der Waals surface area contributed by atoms with Gasteiger partial charge in [-0.3, -0.25) is 0 Å². The summed E-state index contributed by atoms with van der Waals surface area (Å²) < 4.78 is 0. The third-order valence-electron chi connectivity index (χ3n) is 0. The molecule has 0 atom stereocenters. The minimum absolute atomic E-state index is 0. The molecule has 3 N–H and O–H groups in total. The van der Waals surface area contributed by atoms with Crippen molar-refractivity contribution in [2.45, 2.75) is 0 Å². The van der Waals surface area contributed by atoms with Gasteiger partial charge in [0.2, 0.25) is 0 Å². The van der Waals surface area contributed by atoms with Crippen molar-refractivity contribution in [3.05, 3.63) is 0 Å². The standard InChI is InChI=1S/5ClH.H3O3P/c;;;;;1-4(2)3/h5*1H;1-3H. The second-order valence-corrected chi connectivity index (χ2v) is 0.805. The maximum atomic E-state index is 7.23. The lowest BCUT2D eigenvalue weighted by Gasteiger charge is -1.76. The maximum absolute atomic E-state index is 7.23. The molecule has 0 unspecified atom stereocenters. The van der Waals surface area contributed by atoms with Crippen LogP contribution >= 0.6 is 70.6 Å². The van der Waals surface area contributed by atoms with Crippen LogP contribution in [0, 0.1) is 0 Å². The molecule has 0 aromatic carbocycles. The molecular weight excluding hydrogens is 256 g/mol. The summed E-state index contributed by atoms with van der Waals surface area (Å²) in [7, 11) is -2.62. The molecule has 0 saturated carbocycles. The van der Waals surface area contributed by atoms with E-state index in [4.69, 9.17) is 14.7 Å². The quantitative estimate of drug-likeness (QED) is 0.578. The van der Waals surface area contributed by atoms with Gasteiger partial charge < -0.3 is 14.7 Å². The molecule has 0 aliphatic carbocycles. The van der Waals surface area contributed by atoms with Crippen molar-refractivity contribution in [2.24, 2.45) is 0 Å². The lowest BCUT2D eigenvalue weighted by molar-refractivity contribution is 0.368. The van der Waals surface area contributed by atoms with Crippen molar-refractivity contribution in [2.75, 3.05) is 0 Å². The van der Waals surface area contributed by atoms with E-state index in [2.05, 4.69) is 0 Å². The number of hydrogen-bond acceptors (Lipinski definition) is 3. The smallest absolute Gasteiger partial charge is 0.324 e. The Labute approximate surface area is 85.3 Å². The predicted molar refractivity (Wildman–Crippen MR) is 49.8 cm³/mol. The van der Waals surface area contributed by atoms with Crippen molar-refractivity contribution in [1.29, 1.82) is 0 Å². The molecule has 0 aromatic rings. The van der Waals surface area contributed by atoms with Crippen LogP contribution < -0.4 is 0 Å². The van der Waals surface area contributed by atoms with E-state index in [1.807, 2.05) is 0 Å². The van der Waals surface area contributed by atoms with Crippen molar-refractivity contribution < 1.29 is 14.7 Å². The zero-order chi connectivity index (χ0) is 3.58. The molecule has 0 aliphatic heterocycles. The highest BCUT2D eigenvalue weighted by Gasteiger charge is 1.76. The Bertz CT molecular complexity index is 16.9. The highest BCUT2D eigenvalue weighted by atomic mass is 35.5. The normalized spacial score (nSPS) is 4.00. The number of hydrogen-bond donors (Lipinski definition) is 3. The van der Waals surface area contributed by atoms with E-state index < -0.39 is 8.60 Å². The Morgan fingerprint density at radius 2 is 0.556 bits per heavy atom. The Morgan fingerprint density at radius 3 is 0.556 bits per heavy atom. The van der Waals surface area contributed by atoms with Crippen LogP contribution in [0.1, 0.15) is 0 Å². The second kappa shape index (κ2) is 33.1. The third kappa shape index (κ3) is 190. The van der Waals surface area contributed by atoms with Crippen LogP contribution in [0.4, 0.5) is 0 Å². The molecule has 3 nitrogen and oxygen atoms in total. The molecule has 0 heterocycles. The average molecular weight is 264 g/mol. The van der Waals surface area contributed by atoms with Gasteiger partial charge in [-0.25, -0.2) is 0 Å². The first-order chi connectivity index (χ1) is 1.73. The summed E-state index contributed by atoms with van der Waals surface area (Å²) in [6.07, 6.45) is 0. The maximum Gasteiger partial charge on any atom is 0.324 e. The summed E-state index contributed by atoms with van der Waals surface area (Å²) in [5.74, 6) is 0. The van der Waals surface area contributed by atoms with Gasteiger partial charge in [-0.15, -0.1) is 62.0 Å². The first-order valence-electron chi connectivity index (χ1n) is 0.600. The highest BCUT2D eigenvalue weighted by Crippen LogP contribution is 2.11. The van der Waals surface area contributed by atoms with E-state index in [1.54, 1.807) is 0 Å². The molecule has 0 amide bonds. The predicted octanol–water partition coefficient (Wildman–Crippen LogP) is 1.30. The van der Waals surface area contributed by atoms with E-state index in [1.165, 1.54) is 0 Å². The molecule has 0 saturated heterocycles. The lowest BCUT2D eigenvalue weighted by atomic mass is 15.8. The van der Waals surface area contributed by atoms with Gasteiger partial charge in [0.15, 0.2) is 0 Å². The van der Waals surface area contributed by atoms with Crippen LogP contribution in [-0.2, 0) is 0 Å². The molecule has 0 rings (SSSR count). The largest absolute Gasteiger partial charge is 0.328 e. The highest BCUT2D eigenvalue weighted by molar-refractivity contribution is 7.38. The monoisotopic (exact) mass is 262 g/mol. The summed E-state index contributed by atoms with van der Waals surface area (Å²) in [4.78, 5) is 21.7. The summed E-state index contributed by atoms with van der Waals surface area (Å²) in [5, 5.41) is 0. The SMILES string of the molecule is Cl.Cl.Cl.Cl.Cl.OP(O)O. The van der Waals surface area contributed by atoms with Crippen molar-refractivity contribution >= 4 is 70.6 Å². The van der Waals surface area contributed by atoms with Gasteiger partial charge in [0.25, 0.3) is 0 Å². The Balaban J connectivity index is -0.00000000450. The van der Waals surface area contributed by atoms with E-state index in [9.17, 15) is 0 Å². The lowest BCUT2D eigenvalue weighted by Crippen LogP contribution is -1.54. The third-order valence-corrected chi connectivity index (χ3v) is 0. The van der Waals surface area contributed by atoms with Crippen LogP contribution in [-0.4, -0.2) is 14.7 Å². The molecule has 0 bridgehead atoms. The van der Waals surface area contributed by atoms with Crippen LogP contribution in [0.3, 0.4) is 0 Å². The summed E-state index contributed by atoms with van der Waals surface area (Å²) in [6.45, 7) is 0. The molecular formula is H8Cl5O3P. The van der Waals surface area contributed by atoms with Gasteiger partial charge in [-0.05, 0) is 0 Å². The summed E-state index contributed by atoms with van der Waals surface area (Å²) in [5.41, 5.74) is 0. The fourth-order valence-corrected chi connectivity index (χ4v) is 0. The van der Waals surface area contributed by atoms with Gasteiger partial charge >= 0.3 is 8.60 Å².